The van der Waals surface area contributed by atoms with Crippen LogP contribution in [0.4, 0.5) is 0 Å². The van der Waals surface area contributed by atoms with E-state index in [1.807, 2.05) is 44.2 Å². The fraction of sp³-hybridized carbons (Fsp3) is 0.133. The Kier molecular flexibility index (Phi) is 7.84. The highest BCUT2D eigenvalue weighted by Crippen LogP contribution is 2.33. The summed E-state index contributed by atoms with van der Waals surface area (Å²) < 4.78 is 0. The molecule has 0 unspecified atom stereocenters. The summed E-state index contributed by atoms with van der Waals surface area (Å²) in [7, 11) is 0. The lowest BCUT2D eigenvalue weighted by Gasteiger charge is -2.16. The van der Waals surface area contributed by atoms with Gasteiger partial charge in [-0.1, -0.05) is 72.8 Å². The van der Waals surface area contributed by atoms with Gasteiger partial charge in [-0.05, 0) is 96.6 Å². The second-order valence-electron chi connectivity index (χ2n) is 7.87. The number of rotatable bonds is 7. The molecule has 0 fully saturated rings. The van der Waals surface area contributed by atoms with E-state index in [-0.39, 0.29) is 5.78 Å². The first-order chi connectivity index (χ1) is 15.4. The third-order valence-electron chi connectivity index (χ3n) is 5.54. The van der Waals surface area contributed by atoms with E-state index >= 15 is 0 Å². The van der Waals surface area contributed by atoms with Gasteiger partial charge in [-0.15, -0.1) is 5.73 Å². The summed E-state index contributed by atoms with van der Waals surface area (Å²) in [5.74, 6) is -0.0682. The number of carbonyl (C=O) groups is 1. The van der Waals surface area contributed by atoms with Crippen LogP contribution in [0.25, 0.3) is 5.57 Å². The van der Waals surface area contributed by atoms with Gasteiger partial charge >= 0.3 is 0 Å². The Morgan fingerprint density at radius 2 is 1.81 bits per heavy atom. The molecule has 32 heavy (non-hydrogen) atoms. The van der Waals surface area contributed by atoms with Crippen molar-refractivity contribution in [2.24, 2.45) is 0 Å². The molecule has 1 nitrogen and oxygen atoms in total. The molecular formula is C30H27ClO. The smallest absolute Gasteiger partial charge is 0.186 e. The molecule has 2 aliphatic rings. The summed E-state index contributed by atoms with van der Waals surface area (Å²) in [6.45, 7) is 11.5. The summed E-state index contributed by atoms with van der Waals surface area (Å²) in [6.07, 6.45) is 18.9. The Morgan fingerprint density at radius 1 is 1.06 bits per heavy atom. The lowest BCUT2D eigenvalue weighted by atomic mass is 9.88. The normalized spacial score (nSPS) is 16.5. The summed E-state index contributed by atoms with van der Waals surface area (Å²) in [5.41, 5.74) is 11.4. The minimum Gasteiger partial charge on any atom is -0.289 e. The first-order valence-electron chi connectivity index (χ1n) is 10.6. The monoisotopic (exact) mass is 438 g/mol. The highest BCUT2D eigenvalue weighted by atomic mass is 35.5. The zero-order chi connectivity index (χ0) is 23.1. The molecule has 160 valence electrons. The Bertz CT molecular complexity index is 1200. The van der Waals surface area contributed by atoms with Crippen LogP contribution in [0, 0.1) is 0 Å². The van der Waals surface area contributed by atoms with Gasteiger partial charge in [0.05, 0.1) is 0 Å². The molecule has 0 spiro atoms. The van der Waals surface area contributed by atoms with Gasteiger partial charge in [0.1, 0.15) is 0 Å². The van der Waals surface area contributed by atoms with Gasteiger partial charge in [0.2, 0.25) is 0 Å². The quantitative estimate of drug-likeness (QED) is 0.238. The molecule has 2 aliphatic carbocycles. The highest BCUT2D eigenvalue weighted by Gasteiger charge is 2.14. The van der Waals surface area contributed by atoms with Crippen molar-refractivity contribution in [3.8, 4) is 0 Å². The van der Waals surface area contributed by atoms with Crippen molar-refractivity contribution in [3.63, 3.8) is 0 Å². The van der Waals surface area contributed by atoms with Crippen molar-refractivity contribution >= 4 is 23.0 Å². The van der Waals surface area contributed by atoms with Crippen LogP contribution in [-0.4, -0.2) is 5.78 Å². The molecule has 0 amide bonds. The number of halogens is 1. The standard InChI is InChI=1S/C30H27ClO/c1-5-6-10-29(22(4)21(2)3)30(32)18-11-23-8-7-9-24-12-13-26(20-27(24)19-23)25-14-16-28(31)17-15-25/h5-6,8-11,14-20H,1-2,12-13H2,3-4H3/b10-6+,18-11+,29-22+. The molecule has 1 aromatic rings. The van der Waals surface area contributed by atoms with Gasteiger partial charge in [-0.2, -0.15) is 0 Å². The van der Waals surface area contributed by atoms with Crippen LogP contribution >= 0.6 is 11.6 Å². The van der Waals surface area contributed by atoms with E-state index in [9.17, 15) is 4.79 Å². The second kappa shape index (κ2) is 10.8. The number of ketones is 1. The van der Waals surface area contributed by atoms with Crippen molar-refractivity contribution in [1.29, 1.82) is 0 Å². The van der Waals surface area contributed by atoms with E-state index in [1.54, 1.807) is 24.3 Å². The summed E-state index contributed by atoms with van der Waals surface area (Å²) in [5, 5.41) is 0.738. The number of hydrogen-bond acceptors (Lipinski definition) is 1. The SMILES string of the molecule is C=C/C=C/C(C(=O)/C=C/C1=CC2=C(C=C=C1)CCC(c1ccc(Cl)cc1)=C2)=C(/C)C(=C)C. The van der Waals surface area contributed by atoms with Gasteiger partial charge in [0.25, 0.3) is 0 Å². The van der Waals surface area contributed by atoms with Crippen LogP contribution in [-0.2, 0) is 4.79 Å². The van der Waals surface area contributed by atoms with E-state index in [0.29, 0.717) is 5.57 Å². The number of allylic oxidation sites excluding steroid dienone is 15. The zero-order valence-electron chi connectivity index (χ0n) is 18.6. The average molecular weight is 439 g/mol. The first-order valence-corrected chi connectivity index (χ1v) is 11.0. The third-order valence-corrected chi connectivity index (χ3v) is 5.80. The Balaban J connectivity index is 1.90. The fourth-order valence-electron chi connectivity index (χ4n) is 3.55. The van der Waals surface area contributed by atoms with Gasteiger partial charge in [0, 0.05) is 10.6 Å². The van der Waals surface area contributed by atoms with E-state index < -0.39 is 0 Å². The zero-order valence-corrected chi connectivity index (χ0v) is 19.4. The summed E-state index contributed by atoms with van der Waals surface area (Å²) in [6, 6.07) is 7.96. The molecule has 0 bridgehead atoms. The maximum Gasteiger partial charge on any atom is 0.186 e. The lowest BCUT2D eigenvalue weighted by molar-refractivity contribution is -0.111. The van der Waals surface area contributed by atoms with E-state index in [0.717, 1.165) is 40.2 Å². The van der Waals surface area contributed by atoms with Crippen LogP contribution in [0.15, 0.2) is 131 Å². The average Bonchev–Trinajstić information content (AvgIpc) is 2.99. The Morgan fingerprint density at radius 3 is 2.50 bits per heavy atom. The maximum atomic E-state index is 12.9. The van der Waals surface area contributed by atoms with Crippen molar-refractivity contribution in [2.45, 2.75) is 26.7 Å². The maximum absolute atomic E-state index is 12.9. The van der Waals surface area contributed by atoms with Gasteiger partial charge in [-0.25, -0.2) is 0 Å². The van der Waals surface area contributed by atoms with Gasteiger partial charge in [-0.3, -0.25) is 4.79 Å². The molecule has 0 saturated heterocycles. The lowest BCUT2D eigenvalue weighted by Crippen LogP contribution is -2.00. The molecule has 0 radical (unpaired) electrons. The third kappa shape index (κ3) is 5.86. The highest BCUT2D eigenvalue weighted by molar-refractivity contribution is 6.30. The molecule has 0 saturated carbocycles. The molecule has 1 aromatic carbocycles. The van der Waals surface area contributed by atoms with Crippen molar-refractivity contribution in [1.82, 2.24) is 0 Å². The molecule has 3 rings (SSSR count). The molecule has 2 heteroatoms. The minimum atomic E-state index is -0.0682. The van der Waals surface area contributed by atoms with Crippen LogP contribution in [0.5, 0.6) is 0 Å². The molecule has 0 atom stereocenters. The van der Waals surface area contributed by atoms with Crippen molar-refractivity contribution < 1.29 is 4.79 Å². The topological polar surface area (TPSA) is 17.1 Å². The van der Waals surface area contributed by atoms with Gasteiger partial charge in [0.15, 0.2) is 5.78 Å². The number of carbonyl (C=O) groups excluding carboxylic acids is 1. The minimum absolute atomic E-state index is 0.0682. The Hall–Kier alpha value is -3.38. The van der Waals surface area contributed by atoms with E-state index in [1.165, 1.54) is 16.7 Å². The largest absolute Gasteiger partial charge is 0.289 e. The molecule has 0 N–H and O–H groups in total. The summed E-state index contributed by atoms with van der Waals surface area (Å²) >= 11 is 6.04. The van der Waals surface area contributed by atoms with Crippen molar-refractivity contribution in [2.75, 3.05) is 0 Å². The van der Waals surface area contributed by atoms with E-state index in [2.05, 4.69) is 43.2 Å². The number of benzene rings is 1. The van der Waals surface area contributed by atoms with Crippen LogP contribution < -0.4 is 0 Å². The van der Waals surface area contributed by atoms with Crippen LogP contribution in [0.2, 0.25) is 5.02 Å². The number of hydrogen-bond donors (Lipinski definition) is 0. The second-order valence-corrected chi connectivity index (χ2v) is 8.30. The van der Waals surface area contributed by atoms with Crippen molar-refractivity contribution in [3.05, 3.63) is 142 Å². The molecular weight excluding hydrogens is 412 g/mol. The predicted octanol–water partition coefficient (Wildman–Crippen LogP) is 8.23. The first kappa shape index (κ1) is 23.3. The molecule has 0 heterocycles. The van der Waals surface area contributed by atoms with Crippen LogP contribution in [0.3, 0.4) is 0 Å². The van der Waals surface area contributed by atoms with Gasteiger partial charge < -0.3 is 0 Å². The Labute approximate surface area is 196 Å². The molecule has 0 aromatic heterocycles. The fourth-order valence-corrected chi connectivity index (χ4v) is 3.68. The predicted molar refractivity (Wildman–Crippen MR) is 137 cm³/mol. The van der Waals surface area contributed by atoms with E-state index in [4.69, 9.17) is 11.6 Å². The van der Waals surface area contributed by atoms with Crippen LogP contribution in [0.1, 0.15) is 32.3 Å². The summed E-state index contributed by atoms with van der Waals surface area (Å²) in [4.78, 5) is 12.9. The molecule has 0 aliphatic heterocycles.